The molecule has 0 aromatic heterocycles. The van der Waals surface area contributed by atoms with Crippen LogP contribution in [0.3, 0.4) is 0 Å². The Bertz CT molecular complexity index is 478. The number of hydrogen-bond acceptors (Lipinski definition) is 2. The highest BCUT2D eigenvalue weighted by Crippen LogP contribution is 2.29. The van der Waals surface area contributed by atoms with Gasteiger partial charge in [-0.25, -0.2) is 0 Å². The van der Waals surface area contributed by atoms with Crippen LogP contribution in [0.2, 0.25) is 10.0 Å². The van der Waals surface area contributed by atoms with Crippen molar-refractivity contribution in [3.8, 4) is 0 Å². The number of carbonyl (C=O) groups excluding carboxylic acids is 1. The highest BCUT2D eigenvalue weighted by atomic mass is 35.5. The number of nitrogens with one attached hydrogen (secondary N) is 1. The Kier molecular flexibility index (Phi) is 6.64. The van der Waals surface area contributed by atoms with Gasteiger partial charge in [0.05, 0.1) is 6.10 Å². The van der Waals surface area contributed by atoms with E-state index in [4.69, 9.17) is 23.2 Å². The molecule has 1 aromatic rings. The summed E-state index contributed by atoms with van der Waals surface area (Å²) in [5.41, 5.74) is 0.420. The van der Waals surface area contributed by atoms with Gasteiger partial charge in [-0.15, -0.1) is 0 Å². The molecule has 19 heavy (non-hydrogen) atoms. The van der Waals surface area contributed by atoms with Crippen molar-refractivity contribution in [1.29, 1.82) is 0 Å². The molecule has 0 fully saturated rings. The lowest BCUT2D eigenvalue weighted by Gasteiger charge is -2.14. The zero-order chi connectivity index (χ0) is 14.3. The molecule has 0 heterocycles. The number of rotatable bonds is 5. The molecule has 0 aliphatic heterocycles. The third-order valence-corrected chi connectivity index (χ3v) is 3.01. The molecule has 1 unspecified atom stereocenters. The van der Waals surface area contributed by atoms with E-state index in [9.17, 15) is 9.90 Å². The Morgan fingerprint density at radius 2 is 2.00 bits per heavy atom. The molecular weight excluding hydrogens is 285 g/mol. The first kappa shape index (κ1) is 15.8. The minimum atomic E-state index is -0.944. The van der Waals surface area contributed by atoms with Crippen molar-refractivity contribution in [2.75, 3.05) is 6.54 Å². The van der Waals surface area contributed by atoms with E-state index < -0.39 is 6.10 Å². The number of benzene rings is 1. The second-order valence-corrected chi connectivity index (χ2v) is 4.60. The van der Waals surface area contributed by atoms with E-state index in [1.807, 2.05) is 13.0 Å². The molecular formula is C14H15Cl2NO2. The largest absolute Gasteiger partial charge is 0.386 e. The van der Waals surface area contributed by atoms with E-state index in [1.165, 1.54) is 6.08 Å². The van der Waals surface area contributed by atoms with Crippen molar-refractivity contribution in [3.05, 3.63) is 58.1 Å². The Balaban J connectivity index is 2.61. The number of carbonyl (C=O) groups is 1. The molecule has 0 saturated heterocycles. The molecule has 0 spiro atoms. The minimum absolute atomic E-state index is 0.0441. The van der Waals surface area contributed by atoms with Gasteiger partial charge in [0.15, 0.2) is 0 Å². The van der Waals surface area contributed by atoms with Crippen molar-refractivity contribution in [2.45, 2.75) is 13.0 Å². The van der Waals surface area contributed by atoms with Crippen LogP contribution >= 0.6 is 23.2 Å². The number of hydrogen-bond donors (Lipinski definition) is 2. The van der Waals surface area contributed by atoms with E-state index in [1.54, 1.807) is 30.4 Å². The van der Waals surface area contributed by atoms with Gasteiger partial charge in [-0.1, -0.05) is 47.5 Å². The van der Waals surface area contributed by atoms with E-state index in [-0.39, 0.29) is 12.5 Å². The zero-order valence-electron chi connectivity index (χ0n) is 10.4. The molecule has 3 nitrogen and oxygen atoms in total. The summed E-state index contributed by atoms with van der Waals surface area (Å²) in [6.07, 6.45) is 5.59. The van der Waals surface area contributed by atoms with Gasteiger partial charge in [-0.3, -0.25) is 4.79 Å². The lowest BCUT2D eigenvalue weighted by Crippen LogP contribution is -2.26. The smallest absolute Gasteiger partial charge is 0.244 e. The van der Waals surface area contributed by atoms with Crippen LogP contribution in [-0.4, -0.2) is 17.6 Å². The van der Waals surface area contributed by atoms with Gasteiger partial charge in [0, 0.05) is 28.2 Å². The van der Waals surface area contributed by atoms with Crippen LogP contribution in [0, 0.1) is 0 Å². The molecule has 1 amide bonds. The van der Waals surface area contributed by atoms with Crippen molar-refractivity contribution in [1.82, 2.24) is 5.32 Å². The summed E-state index contributed by atoms with van der Waals surface area (Å²) >= 11 is 11.9. The second-order valence-electron chi connectivity index (χ2n) is 3.78. The summed E-state index contributed by atoms with van der Waals surface area (Å²) in [6.45, 7) is 1.90. The normalized spacial score (nSPS) is 13.1. The van der Waals surface area contributed by atoms with Gasteiger partial charge in [0.25, 0.3) is 0 Å². The fourth-order valence-electron chi connectivity index (χ4n) is 1.44. The molecule has 2 N–H and O–H groups in total. The van der Waals surface area contributed by atoms with Crippen LogP contribution in [0.15, 0.2) is 42.5 Å². The molecule has 102 valence electrons. The van der Waals surface area contributed by atoms with Crippen molar-refractivity contribution in [2.24, 2.45) is 0 Å². The predicted molar refractivity (Wildman–Crippen MR) is 78.4 cm³/mol. The van der Waals surface area contributed by atoms with Crippen molar-refractivity contribution >= 4 is 29.1 Å². The van der Waals surface area contributed by atoms with Crippen LogP contribution in [0.5, 0.6) is 0 Å². The average Bonchev–Trinajstić information content (AvgIpc) is 2.36. The molecule has 1 rings (SSSR count). The monoisotopic (exact) mass is 299 g/mol. The number of allylic oxidation sites excluding steroid dienone is 3. The molecule has 1 aromatic carbocycles. The summed E-state index contributed by atoms with van der Waals surface area (Å²) in [7, 11) is 0. The number of aliphatic hydroxyl groups is 1. The van der Waals surface area contributed by atoms with Gasteiger partial charge >= 0.3 is 0 Å². The topological polar surface area (TPSA) is 49.3 Å². The van der Waals surface area contributed by atoms with Crippen LogP contribution in [0.25, 0.3) is 0 Å². The number of amides is 1. The van der Waals surface area contributed by atoms with Gasteiger partial charge in [-0.05, 0) is 19.1 Å². The Hall–Kier alpha value is -1.29. The van der Waals surface area contributed by atoms with Crippen LogP contribution in [0.1, 0.15) is 18.6 Å². The number of aliphatic hydroxyl groups excluding tert-OH is 1. The standard InChI is InChI=1S/C14H15Cl2NO2/c1-2-3-4-8-13(19)17-9-12(18)14-10(15)6-5-7-11(14)16/h2-8,12,18H,9H2,1H3,(H,17,19). The first-order valence-electron chi connectivity index (χ1n) is 5.75. The third-order valence-electron chi connectivity index (χ3n) is 2.35. The predicted octanol–water partition coefficient (Wildman–Crippen LogP) is 3.28. The highest BCUT2D eigenvalue weighted by molar-refractivity contribution is 6.36. The van der Waals surface area contributed by atoms with Crippen molar-refractivity contribution < 1.29 is 9.90 Å². The fraction of sp³-hybridized carbons (Fsp3) is 0.214. The van der Waals surface area contributed by atoms with Crippen molar-refractivity contribution in [3.63, 3.8) is 0 Å². The lowest BCUT2D eigenvalue weighted by molar-refractivity contribution is -0.116. The summed E-state index contributed by atoms with van der Waals surface area (Å²) in [4.78, 5) is 11.4. The van der Waals surface area contributed by atoms with Gasteiger partial charge in [-0.2, -0.15) is 0 Å². The summed E-state index contributed by atoms with van der Waals surface area (Å²) in [5, 5.41) is 13.3. The van der Waals surface area contributed by atoms with E-state index in [2.05, 4.69) is 5.32 Å². The second kappa shape index (κ2) is 8.00. The van der Waals surface area contributed by atoms with Crippen LogP contribution in [-0.2, 0) is 4.79 Å². The maximum absolute atomic E-state index is 11.4. The Labute approximate surface area is 122 Å². The maximum atomic E-state index is 11.4. The lowest BCUT2D eigenvalue weighted by atomic mass is 10.1. The molecule has 0 bridgehead atoms. The first-order valence-corrected chi connectivity index (χ1v) is 6.51. The summed E-state index contributed by atoms with van der Waals surface area (Å²) < 4.78 is 0. The van der Waals surface area contributed by atoms with Gasteiger partial charge in [0.2, 0.25) is 5.91 Å². The fourth-order valence-corrected chi connectivity index (χ4v) is 2.09. The Morgan fingerprint density at radius 3 is 2.58 bits per heavy atom. The van der Waals surface area contributed by atoms with E-state index in [0.717, 1.165) is 0 Å². The number of halogens is 2. The van der Waals surface area contributed by atoms with Gasteiger partial charge in [0.1, 0.15) is 0 Å². The molecule has 0 aliphatic rings. The third kappa shape index (κ3) is 5.07. The van der Waals surface area contributed by atoms with E-state index in [0.29, 0.717) is 15.6 Å². The highest BCUT2D eigenvalue weighted by Gasteiger charge is 2.15. The molecule has 5 heteroatoms. The summed E-state index contributed by atoms with van der Waals surface area (Å²) in [5.74, 6) is -0.291. The van der Waals surface area contributed by atoms with Crippen LogP contribution < -0.4 is 5.32 Å². The summed E-state index contributed by atoms with van der Waals surface area (Å²) in [6, 6.07) is 4.97. The average molecular weight is 300 g/mol. The maximum Gasteiger partial charge on any atom is 0.244 e. The first-order chi connectivity index (χ1) is 9.06. The zero-order valence-corrected chi connectivity index (χ0v) is 11.9. The molecule has 0 aliphatic carbocycles. The molecule has 0 radical (unpaired) electrons. The minimum Gasteiger partial charge on any atom is -0.386 e. The van der Waals surface area contributed by atoms with Crippen LogP contribution in [0.4, 0.5) is 0 Å². The Morgan fingerprint density at radius 1 is 1.37 bits per heavy atom. The van der Waals surface area contributed by atoms with E-state index >= 15 is 0 Å². The molecule has 1 atom stereocenters. The van der Waals surface area contributed by atoms with Gasteiger partial charge < -0.3 is 10.4 Å². The molecule has 0 saturated carbocycles. The quantitative estimate of drug-likeness (QED) is 0.647. The SMILES string of the molecule is CC=CC=CC(=O)NCC(O)c1c(Cl)cccc1Cl.